The Morgan fingerprint density at radius 1 is 1.09 bits per heavy atom. The Morgan fingerprint density at radius 3 is 2.67 bits per heavy atom. The van der Waals surface area contributed by atoms with E-state index in [-0.39, 0.29) is 30.6 Å². The minimum Gasteiger partial charge on any atom is -0.494 e. The maximum absolute atomic E-state index is 12.7. The average Bonchev–Trinajstić information content (AvgIpc) is 3.27. The van der Waals surface area contributed by atoms with E-state index in [1.165, 1.54) is 0 Å². The fraction of sp³-hybridized carbons (Fsp3) is 0.440. The second-order valence-electron chi connectivity index (χ2n) is 7.89. The third-order valence-corrected chi connectivity index (χ3v) is 6.01. The lowest BCUT2D eigenvalue weighted by Crippen LogP contribution is -2.30. The summed E-state index contributed by atoms with van der Waals surface area (Å²) in [5, 5.41) is 11.5. The van der Waals surface area contributed by atoms with Gasteiger partial charge in [0.2, 0.25) is 5.91 Å². The highest BCUT2D eigenvalue weighted by molar-refractivity contribution is 7.98. The average molecular weight is 469 g/mol. The Bertz CT molecular complexity index is 1040. The number of aromatic nitrogens is 3. The summed E-state index contributed by atoms with van der Waals surface area (Å²) in [5.74, 6) is 2.11. The van der Waals surface area contributed by atoms with E-state index in [1.54, 1.807) is 23.9 Å². The van der Waals surface area contributed by atoms with Gasteiger partial charge in [0, 0.05) is 24.6 Å². The van der Waals surface area contributed by atoms with E-state index < -0.39 is 0 Å². The van der Waals surface area contributed by atoms with Crippen LogP contribution in [-0.2, 0) is 4.79 Å². The van der Waals surface area contributed by atoms with Gasteiger partial charge in [0.1, 0.15) is 5.75 Å². The number of hydrogen-bond donors (Lipinski definition) is 1. The van der Waals surface area contributed by atoms with Gasteiger partial charge in [-0.25, -0.2) is 0 Å². The molecule has 0 aliphatic carbocycles. The third kappa shape index (κ3) is 7.32. The molecule has 1 amide bonds. The van der Waals surface area contributed by atoms with Crippen molar-refractivity contribution in [1.29, 1.82) is 0 Å². The monoisotopic (exact) mass is 468 g/mol. The van der Waals surface area contributed by atoms with Crippen LogP contribution in [0.5, 0.6) is 5.75 Å². The summed E-state index contributed by atoms with van der Waals surface area (Å²) in [4.78, 5) is 25.2. The molecule has 2 heterocycles. The van der Waals surface area contributed by atoms with Crippen LogP contribution < -0.4 is 10.1 Å². The molecule has 1 N–H and O–H groups in total. The number of ketones is 1. The van der Waals surface area contributed by atoms with E-state index in [1.807, 2.05) is 47.2 Å². The molecule has 8 heteroatoms. The molecule has 0 spiro atoms. The van der Waals surface area contributed by atoms with Crippen LogP contribution >= 0.6 is 11.8 Å². The van der Waals surface area contributed by atoms with Gasteiger partial charge in [0.15, 0.2) is 17.3 Å². The van der Waals surface area contributed by atoms with Gasteiger partial charge in [-0.3, -0.25) is 14.0 Å². The summed E-state index contributed by atoms with van der Waals surface area (Å²) in [7, 11) is 0. The molecule has 7 nitrogen and oxygen atoms in total. The number of thioether (sulfide) groups is 1. The van der Waals surface area contributed by atoms with Crippen LogP contribution in [0.1, 0.15) is 67.7 Å². The Labute approximate surface area is 199 Å². The van der Waals surface area contributed by atoms with Gasteiger partial charge >= 0.3 is 0 Å². The highest BCUT2D eigenvalue weighted by Gasteiger charge is 2.20. The minimum atomic E-state index is -0.262. The number of rotatable bonds is 14. The molecule has 3 rings (SSSR count). The molecule has 1 atom stereocenters. The SMILES string of the molecule is CCCCCOc1ccc(C(=O)CCC(=O)NC(CCSC)c2nnc3ccccn23)cc1. The van der Waals surface area contributed by atoms with Crippen molar-refractivity contribution in [1.82, 2.24) is 19.9 Å². The molecule has 1 unspecified atom stereocenters. The molecule has 0 saturated carbocycles. The molecule has 2 aromatic heterocycles. The summed E-state index contributed by atoms with van der Waals surface area (Å²) in [6, 6.07) is 12.6. The van der Waals surface area contributed by atoms with Gasteiger partial charge in [-0.1, -0.05) is 25.8 Å². The number of ether oxygens (including phenoxy) is 1. The molecular formula is C25H32N4O3S. The summed E-state index contributed by atoms with van der Waals surface area (Å²) in [5.41, 5.74) is 1.33. The van der Waals surface area contributed by atoms with Gasteiger partial charge in [-0.2, -0.15) is 11.8 Å². The highest BCUT2D eigenvalue weighted by Crippen LogP contribution is 2.19. The van der Waals surface area contributed by atoms with E-state index in [2.05, 4.69) is 22.4 Å². The van der Waals surface area contributed by atoms with Gasteiger partial charge in [-0.05, 0) is 61.2 Å². The van der Waals surface area contributed by atoms with Crippen molar-refractivity contribution in [3.8, 4) is 5.75 Å². The first kappa shape index (κ1) is 24.8. The number of amides is 1. The zero-order valence-electron chi connectivity index (χ0n) is 19.3. The summed E-state index contributed by atoms with van der Waals surface area (Å²) in [6.45, 7) is 2.84. The normalized spacial score (nSPS) is 11.9. The molecule has 0 fully saturated rings. The topological polar surface area (TPSA) is 85.6 Å². The van der Waals surface area contributed by atoms with Crippen molar-refractivity contribution >= 4 is 29.1 Å². The number of nitrogens with zero attached hydrogens (tertiary/aromatic N) is 3. The lowest BCUT2D eigenvalue weighted by Gasteiger charge is -2.17. The lowest BCUT2D eigenvalue weighted by molar-refractivity contribution is -0.121. The Hall–Kier alpha value is -2.87. The lowest BCUT2D eigenvalue weighted by atomic mass is 10.1. The zero-order chi connectivity index (χ0) is 23.5. The van der Waals surface area contributed by atoms with E-state index in [9.17, 15) is 9.59 Å². The molecule has 3 aromatic rings. The predicted octanol–water partition coefficient (Wildman–Crippen LogP) is 4.87. The summed E-state index contributed by atoms with van der Waals surface area (Å²) >= 11 is 1.71. The maximum atomic E-state index is 12.7. The smallest absolute Gasteiger partial charge is 0.221 e. The molecule has 176 valence electrons. The Morgan fingerprint density at radius 2 is 1.91 bits per heavy atom. The first-order chi connectivity index (χ1) is 16.1. The van der Waals surface area contributed by atoms with E-state index in [4.69, 9.17) is 4.74 Å². The summed E-state index contributed by atoms with van der Waals surface area (Å²) in [6.07, 6.45) is 8.25. The van der Waals surface area contributed by atoms with Crippen LogP contribution in [0.4, 0.5) is 0 Å². The highest BCUT2D eigenvalue weighted by atomic mass is 32.2. The van der Waals surface area contributed by atoms with Crippen molar-refractivity contribution in [2.75, 3.05) is 18.6 Å². The van der Waals surface area contributed by atoms with Crippen LogP contribution in [0.3, 0.4) is 0 Å². The molecule has 0 radical (unpaired) electrons. The van der Waals surface area contributed by atoms with Gasteiger partial charge in [0.05, 0.1) is 12.6 Å². The second-order valence-corrected chi connectivity index (χ2v) is 8.88. The number of carbonyl (C=O) groups excluding carboxylic acids is 2. The number of nitrogens with one attached hydrogen (secondary N) is 1. The second kappa shape index (κ2) is 13.0. The van der Waals surface area contributed by atoms with Crippen LogP contribution in [0.2, 0.25) is 0 Å². The minimum absolute atomic E-state index is 0.0590. The van der Waals surface area contributed by atoms with E-state index >= 15 is 0 Å². The standard InChI is InChI=1S/C25H32N4O3S/c1-3-4-7-17-32-20-11-9-19(10-12-20)22(30)13-14-24(31)26-21(15-18-33-2)25-28-27-23-8-5-6-16-29(23)25/h5-6,8-12,16,21H,3-4,7,13-15,17-18H2,1-2H3,(H,26,31). The number of benzene rings is 1. The van der Waals surface area contributed by atoms with Crippen molar-refractivity contribution in [3.05, 3.63) is 60.0 Å². The fourth-order valence-corrected chi connectivity index (χ4v) is 3.99. The Kier molecular flexibility index (Phi) is 9.75. The predicted molar refractivity (Wildman–Crippen MR) is 132 cm³/mol. The number of hydrogen-bond acceptors (Lipinski definition) is 6. The molecule has 1 aromatic carbocycles. The first-order valence-corrected chi connectivity index (χ1v) is 12.9. The number of Topliss-reactive ketones (excluding diaryl/α,β-unsaturated/α-hetero) is 1. The molecule has 33 heavy (non-hydrogen) atoms. The van der Waals surface area contributed by atoms with E-state index in [0.717, 1.165) is 42.8 Å². The van der Waals surface area contributed by atoms with Crippen LogP contribution in [-0.4, -0.2) is 44.9 Å². The molecular weight excluding hydrogens is 436 g/mol. The largest absolute Gasteiger partial charge is 0.494 e. The van der Waals surface area contributed by atoms with Crippen LogP contribution in [0, 0.1) is 0 Å². The third-order valence-electron chi connectivity index (χ3n) is 5.37. The van der Waals surface area contributed by atoms with Crippen molar-refractivity contribution in [2.24, 2.45) is 0 Å². The van der Waals surface area contributed by atoms with Gasteiger partial charge in [-0.15, -0.1) is 10.2 Å². The number of unbranched alkanes of at least 4 members (excludes halogenated alkanes) is 2. The van der Waals surface area contributed by atoms with Crippen LogP contribution in [0.25, 0.3) is 5.65 Å². The number of carbonyl (C=O) groups is 2. The number of fused-ring (bicyclic) bond motifs is 1. The van der Waals surface area contributed by atoms with Crippen molar-refractivity contribution < 1.29 is 14.3 Å². The van der Waals surface area contributed by atoms with Crippen molar-refractivity contribution in [2.45, 2.75) is 51.5 Å². The maximum Gasteiger partial charge on any atom is 0.221 e. The quantitative estimate of drug-likeness (QED) is 0.268. The zero-order valence-corrected chi connectivity index (χ0v) is 20.1. The Balaban J connectivity index is 1.53. The van der Waals surface area contributed by atoms with Crippen LogP contribution in [0.15, 0.2) is 48.7 Å². The van der Waals surface area contributed by atoms with Gasteiger partial charge in [0.25, 0.3) is 0 Å². The van der Waals surface area contributed by atoms with E-state index in [0.29, 0.717) is 18.0 Å². The van der Waals surface area contributed by atoms with Crippen molar-refractivity contribution in [3.63, 3.8) is 0 Å². The first-order valence-electron chi connectivity index (χ1n) is 11.5. The number of pyridine rings is 1. The molecule has 0 bridgehead atoms. The summed E-state index contributed by atoms with van der Waals surface area (Å²) < 4.78 is 7.58. The molecule has 0 aliphatic heterocycles. The molecule has 0 aliphatic rings. The fourth-order valence-electron chi connectivity index (χ4n) is 3.52. The molecule has 0 saturated heterocycles. The van der Waals surface area contributed by atoms with Gasteiger partial charge < -0.3 is 10.1 Å².